The lowest BCUT2D eigenvalue weighted by Gasteiger charge is -2.17. The Labute approximate surface area is 101 Å². The Hall–Kier alpha value is -0.520. The summed E-state index contributed by atoms with van der Waals surface area (Å²) in [6, 6.07) is 0.341. The minimum Gasteiger partial charge on any atom is -0.378 e. The second kappa shape index (κ2) is 6.27. The Kier molecular flexibility index (Phi) is 4.69. The fraction of sp³-hybridized carbons (Fsp3) is 0.818. The highest BCUT2D eigenvalue weighted by Gasteiger charge is 2.19. The summed E-state index contributed by atoms with van der Waals surface area (Å²) in [6.07, 6.45) is 6.98. The van der Waals surface area contributed by atoms with Crippen LogP contribution in [-0.4, -0.2) is 28.0 Å². The summed E-state index contributed by atoms with van der Waals surface area (Å²) in [6.45, 7) is 4.03. The maximum atomic E-state index is 5.64. The molecule has 0 spiro atoms. The smallest absolute Gasteiger partial charge is 0.0912 e. The number of hydrogen-bond donors (Lipinski definition) is 1. The minimum atomic E-state index is 0.341. The van der Waals surface area contributed by atoms with Gasteiger partial charge in [-0.25, -0.2) is 0 Å². The molecule has 2 unspecified atom stereocenters. The summed E-state index contributed by atoms with van der Waals surface area (Å²) in [4.78, 5) is 0. The molecular weight excluding hydrogens is 222 g/mol. The molecule has 4 nitrogen and oxygen atoms in total. The Balaban J connectivity index is 1.82. The van der Waals surface area contributed by atoms with E-state index >= 15 is 0 Å². The summed E-state index contributed by atoms with van der Waals surface area (Å²) < 4.78 is 14.0. The highest BCUT2D eigenvalue weighted by molar-refractivity contribution is 6.99. The van der Waals surface area contributed by atoms with Gasteiger partial charge in [0, 0.05) is 6.61 Å². The molecule has 1 fully saturated rings. The van der Waals surface area contributed by atoms with Crippen molar-refractivity contribution in [3.05, 3.63) is 11.9 Å². The first-order valence-corrected chi connectivity index (χ1v) is 6.75. The van der Waals surface area contributed by atoms with Gasteiger partial charge in [-0.1, -0.05) is 6.92 Å². The third-order valence-electron chi connectivity index (χ3n) is 2.99. The lowest BCUT2D eigenvalue weighted by Crippen LogP contribution is -2.22. The molecule has 2 heterocycles. The predicted octanol–water partition coefficient (Wildman–Crippen LogP) is 2.15. The van der Waals surface area contributed by atoms with Crippen LogP contribution in [0.15, 0.2) is 6.20 Å². The Morgan fingerprint density at radius 1 is 1.69 bits per heavy atom. The molecule has 1 aliphatic heterocycles. The molecule has 16 heavy (non-hydrogen) atoms. The van der Waals surface area contributed by atoms with Gasteiger partial charge in [-0.05, 0) is 32.2 Å². The van der Waals surface area contributed by atoms with Crippen LogP contribution in [-0.2, 0) is 4.74 Å². The van der Waals surface area contributed by atoms with Crippen LogP contribution in [0.1, 0.15) is 44.3 Å². The van der Waals surface area contributed by atoms with E-state index in [0.717, 1.165) is 31.7 Å². The van der Waals surface area contributed by atoms with Gasteiger partial charge in [-0.15, -0.1) is 0 Å². The standard InChI is InChI=1S/C11H19N3OS/c1-2-12-10(11-8-13-16-14-11)6-5-9-4-3-7-15-9/h8-10,12H,2-7H2,1H3. The van der Waals surface area contributed by atoms with Gasteiger partial charge in [0.05, 0.1) is 35.8 Å². The van der Waals surface area contributed by atoms with E-state index in [-0.39, 0.29) is 0 Å². The second-order valence-electron chi connectivity index (χ2n) is 4.15. The van der Waals surface area contributed by atoms with E-state index in [1.54, 1.807) is 0 Å². The maximum absolute atomic E-state index is 5.64. The van der Waals surface area contributed by atoms with Gasteiger partial charge < -0.3 is 10.1 Å². The maximum Gasteiger partial charge on any atom is 0.0912 e. The van der Waals surface area contributed by atoms with Crippen molar-refractivity contribution in [2.75, 3.05) is 13.2 Å². The number of hydrogen-bond acceptors (Lipinski definition) is 5. The van der Waals surface area contributed by atoms with Crippen molar-refractivity contribution in [3.8, 4) is 0 Å². The first-order chi connectivity index (χ1) is 7.90. The van der Waals surface area contributed by atoms with Crippen LogP contribution in [0.25, 0.3) is 0 Å². The molecule has 0 bridgehead atoms. The SMILES string of the molecule is CCNC(CCC1CCCO1)c1cnsn1. The number of nitrogens with one attached hydrogen (secondary N) is 1. The Bertz CT molecular complexity index is 285. The number of rotatable bonds is 6. The zero-order valence-electron chi connectivity index (χ0n) is 9.69. The Morgan fingerprint density at radius 2 is 2.62 bits per heavy atom. The largest absolute Gasteiger partial charge is 0.378 e. The van der Waals surface area contributed by atoms with Crippen molar-refractivity contribution in [3.63, 3.8) is 0 Å². The minimum absolute atomic E-state index is 0.341. The van der Waals surface area contributed by atoms with Crippen LogP contribution in [0.5, 0.6) is 0 Å². The molecule has 2 atom stereocenters. The molecule has 1 aliphatic rings. The van der Waals surface area contributed by atoms with E-state index in [4.69, 9.17) is 4.74 Å². The molecule has 0 aromatic carbocycles. The number of aromatic nitrogens is 2. The molecule has 1 N–H and O–H groups in total. The summed E-state index contributed by atoms with van der Waals surface area (Å²) in [5, 5.41) is 3.46. The molecule has 5 heteroatoms. The zero-order chi connectivity index (χ0) is 11.2. The van der Waals surface area contributed by atoms with Crippen molar-refractivity contribution >= 4 is 11.7 Å². The van der Waals surface area contributed by atoms with Crippen LogP contribution in [0.3, 0.4) is 0 Å². The summed E-state index contributed by atoms with van der Waals surface area (Å²) in [5.74, 6) is 0. The van der Waals surface area contributed by atoms with Crippen molar-refractivity contribution in [1.82, 2.24) is 14.1 Å². The average Bonchev–Trinajstić information content (AvgIpc) is 2.96. The van der Waals surface area contributed by atoms with E-state index in [0.29, 0.717) is 12.1 Å². The van der Waals surface area contributed by atoms with Gasteiger partial charge in [-0.2, -0.15) is 8.75 Å². The van der Waals surface area contributed by atoms with Crippen LogP contribution >= 0.6 is 11.7 Å². The van der Waals surface area contributed by atoms with Crippen LogP contribution in [0, 0.1) is 0 Å². The van der Waals surface area contributed by atoms with Crippen molar-refractivity contribution in [1.29, 1.82) is 0 Å². The molecule has 1 aromatic rings. The molecular formula is C11H19N3OS. The topological polar surface area (TPSA) is 47.0 Å². The summed E-state index contributed by atoms with van der Waals surface area (Å²) >= 11 is 1.28. The highest BCUT2D eigenvalue weighted by Crippen LogP contribution is 2.23. The van der Waals surface area contributed by atoms with Gasteiger partial charge in [0.25, 0.3) is 0 Å². The van der Waals surface area contributed by atoms with E-state index in [2.05, 4.69) is 21.0 Å². The fourth-order valence-electron chi connectivity index (χ4n) is 2.15. The Morgan fingerprint density at radius 3 is 3.25 bits per heavy atom. The fourth-order valence-corrected chi connectivity index (χ4v) is 2.62. The average molecular weight is 241 g/mol. The summed E-state index contributed by atoms with van der Waals surface area (Å²) in [7, 11) is 0. The third-order valence-corrected chi connectivity index (χ3v) is 3.48. The molecule has 0 aliphatic carbocycles. The van der Waals surface area contributed by atoms with E-state index < -0.39 is 0 Å². The summed E-state index contributed by atoms with van der Waals surface area (Å²) in [5.41, 5.74) is 1.07. The van der Waals surface area contributed by atoms with Gasteiger partial charge >= 0.3 is 0 Å². The number of ether oxygens (including phenoxy) is 1. The highest BCUT2D eigenvalue weighted by atomic mass is 32.1. The van der Waals surface area contributed by atoms with Crippen LogP contribution < -0.4 is 5.32 Å². The monoisotopic (exact) mass is 241 g/mol. The molecule has 2 rings (SSSR count). The lowest BCUT2D eigenvalue weighted by atomic mass is 10.0. The van der Waals surface area contributed by atoms with Crippen LogP contribution in [0.2, 0.25) is 0 Å². The molecule has 90 valence electrons. The molecule has 1 saturated heterocycles. The molecule has 0 radical (unpaired) electrons. The van der Waals surface area contributed by atoms with Crippen molar-refractivity contribution < 1.29 is 4.74 Å². The second-order valence-corrected chi connectivity index (χ2v) is 4.71. The first kappa shape index (κ1) is 12.0. The van der Waals surface area contributed by atoms with E-state index in [1.807, 2.05) is 6.20 Å². The van der Waals surface area contributed by atoms with Crippen LogP contribution in [0.4, 0.5) is 0 Å². The molecule has 1 aromatic heterocycles. The number of nitrogens with zero attached hydrogens (tertiary/aromatic N) is 2. The molecule has 0 saturated carbocycles. The van der Waals surface area contributed by atoms with E-state index in [1.165, 1.54) is 24.6 Å². The zero-order valence-corrected chi connectivity index (χ0v) is 10.5. The van der Waals surface area contributed by atoms with Gasteiger partial charge in [-0.3, -0.25) is 0 Å². The van der Waals surface area contributed by atoms with Gasteiger partial charge in [0.15, 0.2) is 0 Å². The van der Waals surface area contributed by atoms with Crippen molar-refractivity contribution in [2.24, 2.45) is 0 Å². The normalized spacial score (nSPS) is 22.4. The van der Waals surface area contributed by atoms with Gasteiger partial charge in [0.2, 0.25) is 0 Å². The van der Waals surface area contributed by atoms with Crippen molar-refractivity contribution in [2.45, 2.75) is 44.8 Å². The van der Waals surface area contributed by atoms with Gasteiger partial charge in [0.1, 0.15) is 0 Å². The first-order valence-electron chi connectivity index (χ1n) is 6.02. The quantitative estimate of drug-likeness (QED) is 0.829. The lowest BCUT2D eigenvalue weighted by molar-refractivity contribution is 0.0995. The predicted molar refractivity (Wildman–Crippen MR) is 64.5 cm³/mol. The third kappa shape index (κ3) is 3.23. The van der Waals surface area contributed by atoms with E-state index in [9.17, 15) is 0 Å². The molecule has 0 amide bonds.